The second kappa shape index (κ2) is 8.46. The molecule has 1 saturated heterocycles. The highest BCUT2D eigenvalue weighted by Gasteiger charge is 2.26. The van der Waals surface area contributed by atoms with E-state index in [2.05, 4.69) is 10.1 Å². The van der Waals surface area contributed by atoms with Gasteiger partial charge in [-0.05, 0) is 45.0 Å². The Kier molecular flexibility index (Phi) is 6.27. The van der Waals surface area contributed by atoms with Crippen molar-refractivity contribution in [1.82, 2.24) is 15.0 Å². The molecule has 0 bridgehead atoms. The molecule has 0 N–H and O–H groups in total. The number of hydrogen-bond acceptors (Lipinski definition) is 5. The Morgan fingerprint density at radius 1 is 1.23 bits per heavy atom. The van der Waals surface area contributed by atoms with Crippen molar-refractivity contribution in [2.45, 2.75) is 37.5 Å². The van der Waals surface area contributed by atoms with Gasteiger partial charge in [0.2, 0.25) is 5.91 Å². The second-order valence-electron chi connectivity index (χ2n) is 6.62. The number of aryl methyl sites for hydroxylation is 2. The van der Waals surface area contributed by atoms with E-state index in [1.54, 1.807) is 11.8 Å². The molecule has 0 aliphatic carbocycles. The van der Waals surface area contributed by atoms with Gasteiger partial charge in [-0.3, -0.25) is 9.69 Å². The number of carbonyl (C=O) groups is 1. The molecule has 1 aliphatic heterocycles. The maximum atomic E-state index is 12.7. The Morgan fingerprint density at radius 2 is 1.88 bits per heavy atom. The molecule has 1 unspecified atom stereocenters. The van der Waals surface area contributed by atoms with Gasteiger partial charge < -0.3 is 9.42 Å². The SMILES string of the molecule is Cc1noc(C)c1CN1CCN(C(=O)C(C)Sc2ccc(Cl)cc2)CC1. The van der Waals surface area contributed by atoms with Gasteiger partial charge >= 0.3 is 0 Å². The fourth-order valence-corrected chi connectivity index (χ4v) is 4.18. The molecule has 1 aromatic heterocycles. The third-order valence-electron chi connectivity index (χ3n) is 4.72. The number of piperazine rings is 1. The predicted octanol–water partition coefficient (Wildman–Crippen LogP) is 3.77. The highest BCUT2D eigenvalue weighted by atomic mass is 35.5. The molecule has 1 amide bonds. The Morgan fingerprint density at radius 3 is 2.46 bits per heavy atom. The molecule has 2 aromatic rings. The van der Waals surface area contributed by atoms with E-state index < -0.39 is 0 Å². The molecule has 26 heavy (non-hydrogen) atoms. The summed E-state index contributed by atoms with van der Waals surface area (Å²) in [5.41, 5.74) is 2.12. The van der Waals surface area contributed by atoms with Crippen LogP contribution in [0.1, 0.15) is 23.9 Å². The van der Waals surface area contributed by atoms with Gasteiger partial charge in [0.15, 0.2) is 0 Å². The van der Waals surface area contributed by atoms with Gasteiger partial charge in [0.1, 0.15) is 5.76 Å². The van der Waals surface area contributed by atoms with E-state index >= 15 is 0 Å². The lowest BCUT2D eigenvalue weighted by Crippen LogP contribution is -2.50. The zero-order valence-corrected chi connectivity index (χ0v) is 16.9. The molecule has 1 aliphatic rings. The van der Waals surface area contributed by atoms with Gasteiger partial charge in [0, 0.05) is 48.2 Å². The number of thioether (sulfide) groups is 1. The zero-order valence-electron chi connectivity index (χ0n) is 15.4. The largest absolute Gasteiger partial charge is 0.361 e. The van der Waals surface area contributed by atoms with Gasteiger partial charge in [0.25, 0.3) is 0 Å². The van der Waals surface area contributed by atoms with Crippen molar-refractivity contribution in [3.8, 4) is 0 Å². The molecule has 5 nitrogen and oxygen atoms in total. The van der Waals surface area contributed by atoms with Crippen LogP contribution in [-0.4, -0.2) is 52.3 Å². The van der Waals surface area contributed by atoms with E-state index in [9.17, 15) is 4.79 Å². The van der Waals surface area contributed by atoms with Crippen LogP contribution < -0.4 is 0 Å². The molecule has 3 rings (SSSR count). The molecular weight excluding hydrogens is 370 g/mol. The summed E-state index contributed by atoms with van der Waals surface area (Å²) in [6.07, 6.45) is 0. The quantitative estimate of drug-likeness (QED) is 0.723. The van der Waals surface area contributed by atoms with Crippen molar-refractivity contribution in [1.29, 1.82) is 0 Å². The summed E-state index contributed by atoms with van der Waals surface area (Å²) in [5.74, 6) is 1.08. The lowest BCUT2D eigenvalue weighted by molar-refractivity contribution is -0.132. The van der Waals surface area contributed by atoms with Crippen LogP contribution in [-0.2, 0) is 11.3 Å². The molecule has 1 atom stereocenters. The monoisotopic (exact) mass is 393 g/mol. The van der Waals surface area contributed by atoms with Gasteiger partial charge in [-0.1, -0.05) is 16.8 Å². The van der Waals surface area contributed by atoms with Crippen LogP contribution in [0.4, 0.5) is 0 Å². The number of halogens is 1. The molecular formula is C19H24ClN3O2S. The average Bonchev–Trinajstić information content (AvgIpc) is 2.95. The van der Waals surface area contributed by atoms with Crippen molar-refractivity contribution in [3.63, 3.8) is 0 Å². The Hall–Kier alpha value is -1.50. The number of carbonyl (C=O) groups excluding carboxylic acids is 1. The molecule has 1 aromatic carbocycles. The van der Waals surface area contributed by atoms with Gasteiger partial charge in [-0.25, -0.2) is 0 Å². The van der Waals surface area contributed by atoms with E-state index in [1.807, 2.05) is 49.9 Å². The first-order valence-corrected chi connectivity index (χ1v) is 10.0. The molecule has 0 spiro atoms. The van der Waals surface area contributed by atoms with E-state index in [-0.39, 0.29) is 11.2 Å². The Labute approximate surface area is 163 Å². The lowest BCUT2D eigenvalue weighted by atomic mass is 10.1. The summed E-state index contributed by atoms with van der Waals surface area (Å²) >= 11 is 7.50. The standard InChI is InChI=1S/C19H24ClN3O2S/c1-13-18(14(2)25-21-13)12-22-8-10-23(11-9-22)19(24)15(3)26-17-6-4-16(20)5-7-17/h4-7,15H,8-12H2,1-3H3. The van der Waals surface area contributed by atoms with E-state index in [0.29, 0.717) is 5.02 Å². The minimum atomic E-state index is -0.106. The van der Waals surface area contributed by atoms with E-state index in [4.69, 9.17) is 16.1 Å². The topological polar surface area (TPSA) is 49.6 Å². The molecule has 140 valence electrons. The Balaban J connectivity index is 1.50. The maximum absolute atomic E-state index is 12.7. The number of nitrogens with zero attached hydrogens (tertiary/aromatic N) is 3. The van der Waals surface area contributed by atoms with Crippen LogP contribution in [0, 0.1) is 13.8 Å². The van der Waals surface area contributed by atoms with E-state index in [1.165, 1.54) is 0 Å². The molecule has 1 fully saturated rings. The number of aromatic nitrogens is 1. The van der Waals surface area contributed by atoms with Crippen molar-refractivity contribution >= 4 is 29.3 Å². The van der Waals surface area contributed by atoms with Crippen LogP contribution >= 0.6 is 23.4 Å². The minimum Gasteiger partial charge on any atom is -0.361 e. The smallest absolute Gasteiger partial charge is 0.235 e. The number of amides is 1. The van der Waals surface area contributed by atoms with Crippen LogP contribution in [0.25, 0.3) is 0 Å². The fourth-order valence-electron chi connectivity index (χ4n) is 3.10. The van der Waals surface area contributed by atoms with Gasteiger partial charge in [-0.15, -0.1) is 11.8 Å². The first kappa shape index (κ1) is 19.3. The average molecular weight is 394 g/mol. The van der Waals surface area contributed by atoms with Crippen LogP contribution in [0.2, 0.25) is 5.02 Å². The third kappa shape index (κ3) is 4.61. The summed E-state index contributed by atoms with van der Waals surface area (Å²) in [5, 5.41) is 4.62. The summed E-state index contributed by atoms with van der Waals surface area (Å²) in [6, 6.07) is 7.62. The highest BCUT2D eigenvalue weighted by molar-refractivity contribution is 8.00. The fraction of sp³-hybridized carbons (Fsp3) is 0.474. The lowest BCUT2D eigenvalue weighted by Gasteiger charge is -2.35. The normalized spacial score (nSPS) is 16.7. The predicted molar refractivity (Wildman–Crippen MR) is 105 cm³/mol. The van der Waals surface area contributed by atoms with E-state index in [0.717, 1.165) is 54.6 Å². The maximum Gasteiger partial charge on any atom is 0.235 e. The second-order valence-corrected chi connectivity index (χ2v) is 8.47. The van der Waals surface area contributed by atoms with Gasteiger partial charge in [-0.2, -0.15) is 0 Å². The van der Waals surface area contributed by atoms with Crippen molar-refractivity contribution in [2.75, 3.05) is 26.2 Å². The Bertz CT molecular complexity index is 735. The molecule has 0 radical (unpaired) electrons. The van der Waals surface area contributed by atoms with Crippen LogP contribution in [0.3, 0.4) is 0 Å². The number of rotatable bonds is 5. The van der Waals surface area contributed by atoms with Crippen LogP contribution in [0.15, 0.2) is 33.7 Å². The van der Waals surface area contributed by atoms with Crippen molar-refractivity contribution in [2.24, 2.45) is 0 Å². The molecule has 7 heteroatoms. The minimum absolute atomic E-state index is 0.106. The number of benzene rings is 1. The van der Waals surface area contributed by atoms with Crippen molar-refractivity contribution < 1.29 is 9.32 Å². The van der Waals surface area contributed by atoms with Crippen LogP contribution in [0.5, 0.6) is 0 Å². The first-order valence-electron chi connectivity index (χ1n) is 8.79. The summed E-state index contributed by atoms with van der Waals surface area (Å²) in [7, 11) is 0. The third-order valence-corrected chi connectivity index (χ3v) is 6.07. The highest BCUT2D eigenvalue weighted by Crippen LogP contribution is 2.26. The number of hydrogen-bond donors (Lipinski definition) is 0. The molecule has 2 heterocycles. The zero-order chi connectivity index (χ0) is 18.7. The molecule has 0 saturated carbocycles. The van der Waals surface area contributed by atoms with Gasteiger partial charge in [0.05, 0.1) is 10.9 Å². The summed E-state index contributed by atoms with van der Waals surface area (Å²) in [4.78, 5) is 18.1. The van der Waals surface area contributed by atoms with Crippen molar-refractivity contribution in [3.05, 3.63) is 46.3 Å². The first-order chi connectivity index (χ1) is 12.4. The summed E-state index contributed by atoms with van der Waals surface area (Å²) in [6.45, 7) is 9.98. The summed E-state index contributed by atoms with van der Waals surface area (Å²) < 4.78 is 5.24.